The number of amides is 3. The van der Waals surface area contributed by atoms with Crippen LogP contribution in [0.2, 0.25) is 0 Å². The first-order valence-electron chi connectivity index (χ1n) is 12.2. The Morgan fingerprint density at radius 1 is 1.12 bits per heavy atom. The van der Waals surface area contributed by atoms with E-state index in [2.05, 4.69) is 10.6 Å². The number of hydrogen-bond donors (Lipinski definition) is 3. The van der Waals surface area contributed by atoms with E-state index in [1.807, 2.05) is 32.0 Å². The standard InChI is InChI=1S/C25H38N4O4/c1-3-27-22(30)16-33-21-12-11-17(2)14-19(21)15-28-24(31)20-10-7-13-29(20)25(32)23(26)18-8-5-4-6-9-18/h11-12,14,18,20,23H,3-10,13,15-16,26H2,1-2H3,(H,27,30)(H,28,31). The number of nitrogens with one attached hydrogen (secondary N) is 2. The summed E-state index contributed by atoms with van der Waals surface area (Å²) in [4.78, 5) is 39.6. The molecule has 1 saturated carbocycles. The van der Waals surface area contributed by atoms with Crippen LogP contribution in [0.15, 0.2) is 18.2 Å². The van der Waals surface area contributed by atoms with Crippen LogP contribution in [0.25, 0.3) is 0 Å². The van der Waals surface area contributed by atoms with E-state index in [9.17, 15) is 14.4 Å². The second-order valence-corrected chi connectivity index (χ2v) is 9.18. The molecule has 0 radical (unpaired) electrons. The van der Waals surface area contributed by atoms with Gasteiger partial charge in [-0.15, -0.1) is 0 Å². The normalized spacial score (nSPS) is 19.7. The number of ether oxygens (including phenoxy) is 1. The fourth-order valence-corrected chi connectivity index (χ4v) is 4.87. The van der Waals surface area contributed by atoms with Crippen molar-refractivity contribution in [1.82, 2.24) is 15.5 Å². The minimum absolute atomic E-state index is 0.0815. The van der Waals surface area contributed by atoms with Gasteiger partial charge >= 0.3 is 0 Å². The molecule has 2 aliphatic rings. The van der Waals surface area contributed by atoms with Crippen LogP contribution in [0.4, 0.5) is 0 Å². The van der Waals surface area contributed by atoms with Crippen molar-refractivity contribution >= 4 is 17.7 Å². The number of rotatable bonds is 9. The number of aryl methyl sites for hydroxylation is 1. The molecule has 1 aliphatic heterocycles. The quantitative estimate of drug-likeness (QED) is 0.524. The number of carbonyl (C=O) groups is 3. The van der Waals surface area contributed by atoms with Crippen LogP contribution < -0.4 is 21.1 Å². The Morgan fingerprint density at radius 2 is 1.88 bits per heavy atom. The Labute approximate surface area is 196 Å². The number of carbonyl (C=O) groups excluding carboxylic acids is 3. The predicted molar refractivity (Wildman–Crippen MR) is 126 cm³/mol. The van der Waals surface area contributed by atoms with Gasteiger partial charge in [0.1, 0.15) is 11.8 Å². The van der Waals surface area contributed by atoms with Gasteiger partial charge < -0.3 is 26.0 Å². The summed E-state index contributed by atoms with van der Waals surface area (Å²) in [5.74, 6) is 0.315. The van der Waals surface area contributed by atoms with Crippen molar-refractivity contribution in [2.75, 3.05) is 19.7 Å². The van der Waals surface area contributed by atoms with E-state index in [0.717, 1.165) is 43.2 Å². The highest BCUT2D eigenvalue weighted by Crippen LogP contribution is 2.28. The van der Waals surface area contributed by atoms with Gasteiger partial charge in [0.15, 0.2) is 6.61 Å². The third-order valence-electron chi connectivity index (χ3n) is 6.68. The van der Waals surface area contributed by atoms with Gasteiger partial charge in [-0.3, -0.25) is 14.4 Å². The minimum Gasteiger partial charge on any atom is -0.483 e. The van der Waals surface area contributed by atoms with Crippen LogP contribution in [0.1, 0.15) is 63.0 Å². The van der Waals surface area contributed by atoms with Crippen LogP contribution in [-0.2, 0) is 20.9 Å². The molecule has 8 heteroatoms. The molecule has 1 saturated heterocycles. The zero-order valence-corrected chi connectivity index (χ0v) is 19.9. The van der Waals surface area contributed by atoms with Gasteiger partial charge in [-0.05, 0) is 51.5 Å². The molecule has 2 fully saturated rings. The lowest BCUT2D eigenvalue weighted by molar-refractivity contribution is -0.140. The zero-order chi connectivity index (χ0) is 23.8. The number of nitrogens with zero attached hydrogens (tertiary/aromatic N) is 1. The Bertz CT molecular complexity index is 838. The summed E-state index contributed by atoms with van der Waals surface area (Å²) in [5.41, 5.74) is 8.17. The molecular weight excluding hydrogens is 420 g/mol. The van der Waals surface area contributed by atoms with E-state index in [1.165, 1.54) is 6.42 Å². The SMILES string of the molecule is CCNC(=O)COc1ccc(C)cc1CNC(=O)C1CCCN1C(=O)C(N)C1CCCCC1. The number of nitrogens with two attached hydrogens (primary N) is 1. The molecule has 8 nitrogen and oxygen atoms in total. The summed E-state index contributed by atoms with van der Waals surface area (Å²) in [6.45, 7) is 5.11. The molecular formula is C25H38N4O4. The monoisotopic (exact) mass is 458 g/mol. The maximum Gasteiger partial charge on any atom is 0.257 e. The molecule has 33 heavy (non-hydrogen) atoms. The summed E-state index contributed by atoms with van der Waals surface area (Å²) in [5, 5.41) is 5.67. The fraction of sp³-hybridized carbons (Fsp3) is 0.640. The van der Waals surface area contributed by atoms with E-state index in [-0.39, 0.29) is 36.8 Å². The van der Waals surface area contributed by atoms with Gasteiger partial charge in [-0.25, -0.2) is 0 Å². The molecule has 3 rings (SSSR count). The second-order valence-electron chi connectivity index (χ2n) is 9.18. The average molecular weight is 459 g/mol. The van der Waals surface area contributed by atoms with Gasteiger partial charge in [0.25, 0.3) is 5.91 Å². The van der Waals surface area contributed by atoms with Crippen LogP contribution in [0.5, 0.6) is 5.75 Å². The highest BCUT2D eigenvalue weighted by atomic mass is 16.5. The molecule has 1 aromatic carbocycles. The van der Waals surface area contributed by atoms with Gasteiger partial charge in [0, 0.05) is 25.2 Å². The molecule has 0 aromatic heterocycles. The number of benzene rings is 1. The van der Waals surface area contributed by atoms with Crippen molar-refractivity contribution in [3.63, 3.8) is 0 Å². The number of likely N-dealkylation sites (tertiary alicyclic amines) is 1. The highest BCUT2D eigenvalue weighted by molar-refractivity contribution is 5.90. The van der Waals surface area contributed by atoms with Crippen molar-refractivity contribution < 1.29 is 19.1 Å². The maximum atomic E-state index is 13.1. The average Bonchev–Trinajstić information content (AvgIpc) is 3.32. The molecule has 1 aromatic rings. The smallest absolute Gasteiger partial charge is 0.257 e. The Morgan fingerprint density at radius 3 is 2.61 bits per heavy atom. The van der Waals surface area contributed by atoms with Crippen molar-refractivity contribution in [3.05, 3.63) is 29.3 Å². The Hall–Kier alpha value is -2.61. The van der Waals surface area contributed by atoms with Gasteiger partial charge in [0.05, 0.1) is 6.04 Å². The zero-order valence-electron chi connectivity index (χ0n) is 19.9. The molecule has 182 valence electrons. The van der Waals surface area contributed by atoms with Gasteiger partial charge in [0.2, 0.25) is 11.8 Å². The lowest BCUT2D eigenvalue weighted by Crippen LogP contribution is -2.53. The molecule has 2 unspecified atom stereocenters. The molecule has 2 atom stereocenters. The summed E-state index contributed by atoms with van der Waals surface area (Å²) >= 11 is 0. The Balaban J connectivity index is 1.59. The topological polar surface area (TPSA) is 114 Å². The van der Waals surface area contributed by atoms with Gasteiger partial charge in [-0.2, -0.15) is 0 Å². The van der Waals surface area contributed by atoms with Crippen LogP contribution in [-0.4, -0.2) is 54.4 Å². The van der Waals surface area contributed by atoms with Crippen molar-refractivity contribution in [2.45, 2.75) is 77.4 Å². The van der Waals surface area contributed by atoms with E-state index in [4.69, 9.17) is 10.5 Å². The lowest BCUT2D eigenvalue weighted by atomic mass is 9.83. The lowest BCUT2D eigenvalue weighted by Gasteiger charge is -2.32. The minimum atomic E-state index is -0.523. The van der Waals surface area contributed by atoms with E-state index >= 15 is 0 Å². The molecule has 4 N–H and O–H groups in total. The highest BCUT2D eigenvalue weighted by Gasteiger charge is 2.38. The Kier molecular flexibility index (Phi) is 9.11. The van der Waals surface area contributed by atoms with Crippen molar-refractivity contribution in [3.8, 4) is 5.75 Å². The summed E-state index contributed by atoms with van der Waals surface area (Å²) in [6.07, 6.45) is 6.87. The van der Waals surface area contributed by atoms with Crippen LogP contribution >= 0.6 is 0 Å². The van der Waals surface area contributed by atoms with Crippen molar-refractivity contribution in [2.24, 2.45) is 11.7 Å². The molecule has 0 spiro atoms. The fourth-order valence-electron chi connectivity index (χ4n) is 4.87. The maximum absolute atomic E-state index is 13.1. The summed E-state index contributed by atoms with van der Waals surface area (Å²) < 4.78 is 5.68. The van der Waals surface area contributed by atoms with Crippen LogP contribution in [0, 0.1) is 12.8 Å². The first kappa shape index (κ1) is 25.0. The molecule has 1 aliphatic carbocycles. The molecule has 0 bridgehead atoms. The van der Waals surface area contributed by atoms with Gasteiger partial charge in [-0.1, -0.05) is 37.0 Å². The van der Waals surface area contributed by atoms with E-state index in [0.29, 0.717) is 25.3 Å². The third-order valence-corrected chi connectivity index (χ3v) is 6.68. The molecule has 3 amide bonds. The first-order chi connectivity index (χ1) is 15.9. The first-order valence-corrected chi connectivity index (χ1v) is 12.2. The predicted octanol–water partition coefficient (Wildman–Crippen LogP) is 2.02. The summed E-state index contributed by atoms with van der Waals surface area (Å²) in [6, 6.07) is 4.64. The third kappa shape index (κ3) is 6.69. The number of likely N-dealkylation sites (N-methyl/N-ethyl adjacent to an activating group) is 1. The summed E-state index contributed by atoms with van der Waals surface area (Å²) in [7, 11) is 0. The number of hydrogen-bond acceptors (Lipinski definition) is 5. The van der Waals surface area contributed by atoms with E-state index < -0.39 is 12.1 Å². The van der Waals surface area contributed by atoms with Crippen molar-refractivity contribution in [1.29, 1.82) is 0 Å². The van der Waals surface area contributed by atoms with E-state index in [1.54, 1.807) is 4.90 Å². The second kappa shape index (κ2) is 12.0. The largest absolute Gasteiger partial charge is 0.483 e. The van der Waals surface area contributed by atoms with Crippen LogP contribution in [0.3, 0.4) is 0 Å². The molecule has 1 heterocycles.